The highest BCUT2D eigenvalue weighted by atomic mass is 79.9. The largest absolute Gasteiger partial charge is 0.314 e. The van der Waals surface area contributed by atoms with Gasteiger partial charge < -0.3 is 5.32 Å². The molecule has 0 fully saturated rings. The summed E-state index contributed by atoms with van der Waals surface area (Å²) in [5, 5.41) is 8.17. The molecule has 0 bridgehead atoms. The van der Waals surface area contributed by atoms with Gasteiger partial charge in [0.1, 0.15) is 0 Å². The van der Waals surface area contributed by atoms with Gasteiger partial charge in [-0.1, -0.05) is 27.7 Å². The molecular weight excluding hydrogens is 302 g/mol. The smallest absolute Gasteiger partial charge is 0.0738 e. The van der Waals surface area contributed by atoms with Crippen molar-refractivity contribution >= 4 is 15.9 Å². The molecule has 0 radical (unpaired) electrons. The lowest BCUT2D eigenvalue weighted by atomic mass is 9.82. The molecule has 0 aliphatic heterocycles. The number of halogens is 1. The van der Waals surface area contributed by atoms with E-state index in [0.717, 1.165) is 31.6 Å². The lowest BCUT2D eigenvalue weighted by molar-refractivity contribution is 0.273. The Balaban J connectivity index is 2.91. The minimum atomic E-state index is 0.270. The Morgan fingerprint density at radius 1 is 1.37 bits per heavy atom. The molecule has 1 unspecified atom stereocenters. The summed E-state index contributed by atoms with van der Waals surface area (Å²) in [6, 6.07) is 0.534. The van der Waals surface area contributed by atoms with Crippen LogP contribution >= 0.6 is 15.9 Å². The lowest BCUT2D eigenvalue weighted by Crippen LogP contribution is -2.37. The van der Waals surface area contributed by atoms with Gasteiger partial charge in [0.15, 0.2) is 0 Å². The number of hydrogen-bond donors (Lipinski definition) is 1. The number of aromatic nitrogens is 2. The first-order valence-corrected chi connectivity index (χ1v) is 8.07. The van der Waals surface area contributed by atoms with Gasteiger partial charge >= 0.3 is 0 Å². The summed E-state index contributed by atoms with van der Waals surface area (Å²) < 4.78 is 3.31. The first-order valence-electron chi connectivity index (χ1n) is 7.28. The highest BCUT2D eigenvalue weighted by Gasteiger charge is 2.26. The van der Waals surface area contributed by atoms with E-state index in [0.29, 0.717) is 6.04 Å². The minimum Gasteiger partial charge on any atom is -0.314 e. The van der Waals surface area contributed by atoms with Gasteiger partial charge in [-0.15, -0.1) is 0 Å². The van der Waals surface area contributed by atoms with Crippen LogP contribution in [-0.4, -0.2) is 22.4 Å². The summed E-state index contributed by atoms with van der Waals surface area (Å²) in [6.07, 6.45) is 2.21. The zero-order valence-corrected chi connectivity index (χ0v) is 14.8. The fourth-order valence-electron chi connectivity index (χ4n) is 2.21. The molecule has 0 aliphatic rings. The zero-order valence-electron chi connectivity index (χ0n) is 13.2. The maximum atomic E-state index is 4.59. The van der Waals surface area contributed by atoms with Gasteiger partial charge in [0, 0.05) is 19.1 Å². The molecule has 1 atom stereocenters. The Kier molecular flexibility index (Phi) is 6.06. The number of nitrogens with zero attached hydrogens (tertiary/aromatic N) is 2. The van der Waals surface area contributed by atoms with Crippen molar-refractivity contribution in [2.75, 3.05) is 6.54 Å². The molecule has 0 saturated heterocycles. The van der Waals surface area contributed by atoms with E-state index in [9.17, 15) is 0 Å². The van der Waals surface area contributed by atoms with Crippen LogP contribution in [0.25, 0.3) is 0 Å². The van der Waals surface area contributed by atoms with Crippen molar-refractivity contribution in [1.29, 1.82) is 0 Å². The molecule has 110 valence electrons. The van der Waals surface area contributed by atoms with Crippen LogP contribution in [0.1, 0.15) is 52.4 Å². The van der Waals surface area contributed by atoms with Gasteiger partial charge in [0.05, 0.1) is 15.9 Å². The predicted molar refractivity (Wildman–Crippen MR) is 85.6 cm³/mol. The molecule has 0 saturated carbocycles. The molecule has 1 aromatic rings. The summed E-state index contributed by atoms with van der Waals surface area (Å²) in [6.45, 7) is 15.2. The molecule has 0 aromatic carbocycles. The van der Waals surface area contributed by atoms with Gasteiger partial charge in [-0.2, -0.15) is 5.10 Å². The minimum absolute atomic E-state index is 0.270. The van der Waals surface area contributed by atoms with Crippen molar-refractivity contribution in [3.8, 4) is 0 Å². The van der Waals surface area contributed by atoms with Crippen molar-refractivity contribution < 1.29 is 0 Å². The summed E-state index contributed by atoms with van der Waals surface area (Å²) in [5.41, 5.74) is 2.69. The average molecular weight is 330 g/mol. The molecule has 0 spiro atoms. The highest BCUT2D eigenvalue weighted by molar-refractivity contribution is 9.10. The fraction of sp³-hybridized carbons (Fsp3) is 0.800. The quantitative estimate of drug-likeness (QED) is 0.821. The van der Waals surface area contributed by atoms with Gasteiger partial charge in [-0.25, -0.2) is 0 Å². The molecule has 1 rings (SSSR count). The number of rotatable bonds is 7. The summed E-state index contributed by atoms with van der Waals surface area (Å²) >= 11 is 3.70. The van der Waals surface area contributed by atoms with Gasteiger partial charge in [0.25, 0.3) is 0 Å². The Morgan fingerprint density at radius 2 is 2.00 bits per heavy atom. The Labute approximate surface area is 126 Å². The molecule has 3 nitrogen and oxygen atoms in total. The molecule has 4 heteroatoms. The highest BCUT2D eigenvalue weighted by Crippen LogP contribution is 2.31. The zero-order chi connectivity index (χ0) is 14.6. The Bertz CT molecular complexity index is 412. The van der Waals surface area contributed by atoms with Crippen LogP contribution in [-0.2, 0) is 13.0 Å². The van der Waals surface area contributed by atoms with E-state index in [-0.39, 0.29) is 5.41 Å². The molecule has 19 heavy (non-hydrogen) atoms. The van der Waals surface area contributed by atoms with E-state index in [2.05, 4.69) is 72.6 Å². The fourth-order valence-corrected chi connectivity index (χ4v) is 2.63. The van der Waals surface area contributed by atoms with E-state index in [1.54, 1.807) is 0 Å². The van der Waals surface area contributed by atoms with Crippen LogP contribution in [0.15, 0.2) is 4.47 Å². The van der Waals surface area contributed by atoms with Gasteiger partial charge in [-0.3, -0.25) is 4.68 Å². The number of aryl methyl sites for hydroxylation is 2. The van der Waals surface area contributed by atoms with Crippen molar-refractivity contribution in [1.82, 2.24) is 15.1 Å². The standard InChI is InChI=1S/C15H28BrN3/c1-7-15(6,10-17-11(3)4)9-13-14(16)12(5)18-19(13)8-2/h11,17H,7-10H2,1-6H3. The third kappa shape index (κ3) is 4.32. The maximum absolute atomic E-state index is 4.59. The topological polar surface area (TPSA) is 29.9 Å². The van der Waals surface area contributed by atoms with Crippen molar-refractivity contribution in [2.24, 2.45) is 5.41 Å². The first kappa shape index (κ1) is 16.7. The third-order valence-electron chi connectivity index (χ3n) is 3.84. The molecule has 0 amide bonds. The van der Waals surface area contributed by atoms with Crippen LogP contribution in [0.2, 0.25) is 0 Å². The predicted octanol–water partition coefficient (Wildman–Crippen LogP) is 3.93. The number of hydrogen-bond acceptors (Lipinski definition) is 2. The van der Waals surface area contributed by atoms with Crippen LogP contribution in [0, 0.1) is 12.3 Å². The van der Waals surface area contributed by atoms with E-state index in [4.69, 9.17) is 0 Å². The van der Waals surface area contributed by atoms with Gasteiger partial charge in [0.2, 0.25) is 0 Å². The number of nitrogens with one attached hydrogen (secondary N) is 1. The molecular formula is C15H28BrN3. The molecule has 1 N–H and O–H groups in total. The molecule has 1 aromatic heterocycles. The second-order valence-electron chi connectivity index (χ2n) is 6.04. The average Bonchev–Trinajstić information content (AvgIpc) is 2.64. The summed E-state index contributed by atoms with van der Waals surface area (Å²) in [4.78, 5) is 0. The van der Waals surface area contributed by atoms with Crippen molar-refractivity contribution in [3.05, 3.63) is 15.9 Å². The summed E-state index contributed by atoms with van der Waals surface area (Å²) in [7, 11) is 0. The van der Waals surface area contributed by atoms with Gasteiger partial charge in [-0.05, 0) is 48.0 Å². The Hall–Kier alpha value is -0.350. The molecule has 1 heterocycles. The second-order valence-corrected chi connectivity index (χ2v) is 6.83. The molecule has 0 aliphatic carbocycles. The van der Waals surface area contributed by atoms with Crippen molar-refractivity contribution in [2.45, 2.75) is 67.0 Å². The van der Waals surface area contributed by atoms with Crippen LogP contribution in [0.5, 0.6) is 0 Å². The van der Waals surface area contributed by atoms with E-state index < -0.39 is 0 Å². The maximum Gasteiger partial charge on any atom is 0.0738 e. The van der Waals surface area contributed by atoms with Crippen LogP contribution < -0.4 is 5.32 Å². The van der Waals surface area contributed by atoms with Crippen molar-refractivity contribution in [3.63, 3.8) is 0 Å². The van der Waals surface area contributed by atoms with E-state index in [1.165, 1.54) is 10.2 Å². The van der Waals surface area contributed by atoms with Crippen LogP contribution in [0.3, 0.4) is 0 Å². The van der Waals surface area contributed by atoms with E-state index >= 15 is 0 Å². The summed E-state index contributed by atoms with van der Waals surface area (Å²) in [5.74, 6) is 0. The first-order chi connectivity index (χ1) is 8.83. The van der Waals surface area contributed by atoms with E-state index in [1.807, 2.05) is 0 Å². The Morgan fingerprint density at radius 3 is 2.47 bits per heavy atom. The second kappa shape index (κ2) is 6.89. The van der Waals surface area contributed by atoms with Crippen LogP contribution in [0.4, 0.5) is 0 Å². The monoisotopic (exact) mass is 329 g/mol. The lowest BCUT2D eigenvalue weighted by Gasteiger charge is -2.30. The normalized spacial score (nSPS) is 14.9. The SMILES string of the molecule is CCn1nc(C)c(Br)c1CC(C)(CC)CNC(C)C. The third-order valence-corrected chi connectivity index (χ3v) is 4.87.